The number of carbonyl (C=O) groups excluding carboxylic acids is 2. The molecule has 2 atom stereocenters. The van der Waals surface area contributed by atoms with Crippen molar-refractivity contribution >= 4 is 22.0 Å². The molecule has 1 fully saturated rings. The van der Waals surface area contributed by atoms with Crippen molar-refractivity contribution in [1.82, 2.24) is 5.32 Å². The third kappa shape index (κ3) is 8.96. The third-order valence-corrected chi connectivity index (χ3v) is 3.15. The van der Waals surface area contributed by atoms with Crippen LogP contribution in [0, 0.1) is 0 Å². The number of rotatable bonds is 8. The summed E-state index contributed by atoms with van der Waals surface area (Å²) in [4.78, 5) is 22.4. The summed E-state index contributed by atoms with van der Waals surface area (Å²) in [6, 6.07) is 0. The molecule has 0 radical (unpaired) electrons. The van der Waals surface area contributed by atoms with E-state index in [2.05, 4.69) is 5.32 Å². The molecule has 1 saturated carbocycles. The summed E-state index contributed by atoms with van der Waals surface area (Å²) < 4.78 is 37.6. The van der Waals surface area contributed by atoms with E-state index in [-0.39, 0.29) is 31.5 Å². The minimum Gasteiger partial charge on any atom is -0.444 e. The van der Waals surface area contributed by atoms with Crippen molar-refractivity contribution in [3.05, 3.63) is 0 Å². The van der Waals surface area contributed by atoms with Gasteiger partial charge in [-0.15, -0.1) is 0 Å². The number of ether oxygens (including phenoxy) is 2. The first-order chi connectivity index (χ1) is 9.96. The minimum absolute atomic E-state index is 0.0347. The second-order valence-corrected chi connectivity index (χ2v) is 7.72. The topological polar surface area (TPSA) is 108 Å². The number of Topliss-reactive ketones (excluding diaryl/α,β-unsaturated/α-hetero) is 1. The summed E-state index contributed by atoms with van der Waals surface area (Å²) in [5, 5.41) is 2.45. The Balaban J connectivity index is 2.39. The van der Waals surface area contributed by atoms with Gasteiger partial charge in [0.05, 0.1) is 19.0 Å². The van der Waals surface area contributed by atoms with Crippen LogP contribution >= 0.6 is 0 Å². The van der Waals surface area contributed by atoms with E-state index in [1.54, 1.807) is 20.8 Å². The van der Waals surface area contributed by atoms with Gasteiger partial charge in [-0.1, -0.05) is 0 Å². The fraction of sp³-hybridized carbons (Fsp3) is 0.846. The normalized spacial score (nSPS) is 19.6. The number of hydrogen-bond donors (Lipinski definition) is 1. The Morgan fingerprint density at radius 1 is 1.41 bits per heavy atom. The number of alkyl carbamates (subject to hydrolysis) is 1. The summed E-state index contributed by atoms with van der Waals surface area (Å²) >= 11 is 0. The maximum atomic E-state index is 11.5. The molecule has 0 bridgehead atoms. The molecular weight excluding hydrogens is 314 g/mol. The fourth-order valence-corrected chi connectivity index (χ4v) is 2.22. The molecule has 0 spiro atoms. The average molecular weight is 337 g/mol. The monoisotopic (exact) mass is 337 g/mol. The van der Waals surface area contributed by atoms with E-state index in [4.69, 9.17) is 13.7 Å². The third-order valence-electron chi connectivity index (χ3n) is 2.53. The van der Waals surface area contributed by atoms with Gasteiger partial charge < -0.3 is 14.8 Å². The van der Waals surface area contributed by atoms with Crippen LogP contribution in [0.15, 0.2) is 0 Å². The predicted octanol–water partition coefficient (Wildman–Crippen LogP) is 0.604. The molecular formula is C13H23NO7S. The fourth-order valence-electron chi connectivity index (χ4n) is 1.56. The largest absolute Gasteiger partial charge is 0.444 e. The van der Waals surface area contributed by atoms with E-state index in [9.17, 15) is 18.0 Å². The van der Waals surface area contributed by atoms with E-state index < -0.39 is 27.9 Å². The predicted molar refractivity (Wildman–Crippen MR) is 77.9 cm³/mol. The first-order valence-corrected chi connectivity index (χ1v) is 8.77. The SMILES string of the molecule is CC(C)(C)OC(=O)NCC(CCOC1CC1=O)OS(C)(=O)=O. The van der Waals surface area contributed by atoms with Gasteiger partial charge in [-0.2, -0.15) is 8.42 Å². The number of nitrogens with one attached hydrogen (secondary N) is 1. The van der Waals surface area contributed by atoms with Crippen molar-refractivity contribution in [2.24, 2.45) is 0 Å². The second-order valence-electron chi connectivity index (χ2n) is 6.12. The van der Waals surface area contributed by atoms with Gasteiger partial charge in [0.15, 0.2) is 5.78 Å². The van der Waals surface area contributed by atoms with Gasteiger partial charge >= 0.3 is 6.09 Å². The Hall–Kier alpha value is -1.19. The highest BCUT2D eigenvalue weighted by molar-refractivity contribution is 7.86. The van der Waals surface area contributed by atoms with Crippen molar-refractivity contribution in [2.45, 2.75) is 51.4 Å². The Labute approximate surface area is 130 Å². The molecule has 0 aromatic heterocycles. The summed E-state index contributed by atoms with van der Waals surface area (Å²) in [6.45, 7) is 5.29. The molecule has 22 heavy (non-hydrogen) atoms. The smallest absolute Gasteiger partial charge is 0.407 e. The number of carbonyl (C=O) groups is 2. The van der Waals surface area contributed by atoms with E-state index in [0.29, 0.717) is 6.42 Å². The highest BCUT2D eigenvalue weighted by Gasteiger charge is 2.35. The van der Waals surface area contributed by atoms with Gasteiger partial charge in [-0.25, -0.2) is 4.79 Å². The molecule has 1 N–H and O–H groups in total. The van der Waals surface area contributed by atoms with Crippen LogP contribution in [0.3, 0.4) is 0 Å². The molecule has 128 valence electrons. The Kier molecular flexibility index (Phi) is 6.33. The standard InChI is InChI=1S/C13H23NO7S/c1-13(2,3)20-12(16)14-8-9(21-22(4,17)18)5-6-19-11-7-10(11)15/h9,11H,5-8H2,1-4H3,(H,14,16). The van der Waals surface area contributed by atoms with Crippen molar-refractivity contribution in [2.75, 3.05) is 19.4 Å². The van der Waals surface area contributed by atoms with Gasteiger partial charge in [-0.05, 0) is 20.8 Å². The molecule has 1 rings (SSSR count). The zero-order valence-corrected chi connectivity index (χ0v) is 14.1. The molecule has 0 aliphatic heterocycles. The molecule has 8 nitrogen and oxygen atoms in total. The summed E-state index contributed by atoms with van der Waals surface area (Å²) in [5.41, 5.74) is -0.646. The van der Waals surface area contributed by atoms with E-state index in [1.807, 2.05) is 0 Å². The van der Waals surface area contributed by atoms with E-state index >= 15 is 0 Å². The van der Waals surface area contributed by atoms with Gasteiger partial charge in [-0.3, -0.25) is 8.98 Å². The zero-order chi connectivity index (χ0) is 17.0. The lowest BCUT2D eigenvalue weighted by Gasteiger charge is -2.21. The van der Waals surface area contributed by atoms with E-state index in [0.717, 1.165) is 6.26 Å². The number of amides is 1. The van der Waals surface area contributed by atoms with Crippen LogP contribution in [0.5, 0.6) is 0 Å². The first-order valence-electron chi connectivity index (χ1n) is 6.96. The first kappa shape index (κ1) is 18.9. The Bertz CT molecular complexity index is 509. The van der Waals surface area contributed by atoms with Crippen LogP contribution in [-0.2, 0) is 28.6 Å². The molecule has 1 aliphatic carbocycles. The van der Waals surface area contributed by atoms with Crippen LogP contribution < -0.4 is 5.32 Å². The lowest BCUT2D eigenvalue weighted by molar-refractivity contribution is -0.113. The van der Waals surface area contributed by atoms with Crippen LogP contribution in [0.25, 0.3) is 0 Å². The summed E-state index contributed by atoms with van der Waals surface area (Å²) in [5.74, 6) is 0.0347. The molecule has 0 aromatic rings. The second kappa shape index (κ2) is 7.38. The minimum atomic E-state index is -3.67. The molecule has 0 aromatic carbocycles. The van der Waals surface area contributed by atoms with Gasteiger partial charge in [0.1, 0.15) is 11.7 Å². The van der Waals surface area contributed by atoms with Crippen LogP contribution in [0.2, 0.25) is 0 Å². The lowest BCUT2D eigenvalue weighted by atomic mass is 10.2. The molecule has 9 heteroatoms. The average Bonchev–Trinajstić information content (AvgIpc) is 2.98. The highest BCUT2D eigenvalue weighted by atomic mass is 32.2. The maximum absolute atomic E-state index is 11.5. The Morgan fingerprint density at radius 3 is 2.45 bits per heavy atom. The quantitative estimate of drug-likeness (QED) is 0.646. The summed E-state index contributed by atoms with van der Waals surface area (Å²) in [7, 11) is -3.67. The van der Waals surface area contributed by atoms with Crippen molar-refractivity contribution in [1.29, 1.82) is 0 Å². The number of hydrogen-bond acceptors (Lipinski definition) is 7. The summed E-state index contributed by atoms with van der Waals surface area (Å²) in [6.07, 6.45) is -0.263. The van der Waals surface area contributed by atoms with Crippen LogP contribution in [0.4, 0.5) is 4.79 Å². The van der Waals surface area contributed by atoms with Gasteiger partial charge in [0.2, 0.25) is 0 Å². The molecule has 1 amide bonds. The maximum Gasteiger partial charge on any atom is 0.407 e. The van der Waals surface area contributed by atoms with E-state index in [1.165, 1.54) is 0 Å². The zero-order valence-electron chi connectivity index (χ0n) is 13.2. The van der Waals surface area contributed by atoms with Gasteiger partial charge in [0.25, 0.3) is 10.1 Å². The lowest BCUT2D eigenvalue weighted by Crippen LogP contribution is -2.38. The van der Waals surface area contributed by atoms with Crippen LogP contribution in [0.1, 0.15) is 33.6 Å². The van der Waals surface area contributed by atoms with Crippen molar-refractivity contribution in [3.63, 3.8) is 0 Å². The van der Waals surface area contributed by atoms with Crippen molar-refractivity contribution < 1.29 is 31.7 Å². The van der Waals surface area contributed by atoms with Crippen molar-refractivity contribution in [3.8, 4) is 0 Å². The number of ketones is 1. The van der Waals surface area contributed by atoms with Crippen LogP contribution in [-0.4, -0.2) is 57.5 Å². The molecule has 2 unspecified atom stereocenters. The molecule has 0 heterocycles. The Morgan fingerprint density at radius 2 is 2.00 bits per heavy atom. The highest BCUT2D eigenvalue weighted by Crippen LogP contribution is 2.19. The molecule has 0 saturated heterocycles. The van der Waals surface area contributed by atoms with Gasteiger partial charge in [0, 0.05) is 19.4 Å². The molecule has 1 aliphatic rings.